The van der Waals surface area contributed by atoms with Gasteiger partial charge in [-0.15, -0.1) is 0 Å². The van der Waals surface area contributed by atoms with Crippen LogP contribution in [0, 0.1) is 0 Å². The van der Waals surface area contributed by atoms with Crippen LogP contribution in [0.1, 0.15) is 82.2 Å². The highest BCUT2D eigenvalue weighted by Crippen LogP contribution is 2.53. The molecule has 0 radical (unpaired) electrons. The summed E-state index contributed by atoms with van der Waals surface area (Å²) in [6, 6.07) is 1.44. The number of aromatic hydroxyl groups is 4. The van der Waals surface area contributed by atoms with Gasteiger partial charge >= 0.3 is 0 Å². The summed E-state index contributed by atoms with van der Waals surface area (Å²) >= 11 is 0. The Labute approximate surface area is 211 Å². The third-order valence-electron chi connectivity index (χ3n) is 7.78. The van der Waals surface area contributed by atoms with Crippen molar-refractivity contribution >= 4 is 11.6 Å². The molecule has 0 bridgehead atoms. The van der Waals surface area contributed by atoms with Crippen molar-refractivity contribution < 1.29 is 49.7 Å². The van der Waals surface area contributed by atoms with Gasteiger partial charge in [0.15, 0.2) is 6.29 Å². The third-order valence-corrected chi connectivity index (χ3v) is 7.78. The molecule has 1 fully saturated rings. The molecule has 2 aromatic carbocycles. The topological polar surface area (TPSA) is 200 Å². The molecule has 2 aliphatic carbocycles. The summed E-state index contributed by atoms with van der Waals surface area (Å²) < 4.78 is 11.8. The number of hydrogen-bond donors (Lipinski definition) is 7. The average Bonchev–Trinajstić information content (AvgIpc) is 2.84. The Morgan fingerprint density at radius 3 is 2.14 bits per heavy atom. The van der Waals surface area contributed by atoms with Crippen LogP contribution >= 0.6 is 0 Å². The molecule has 0 amide bonds. The molecule has 11 heteroatoms. The maximum atomic E-state index is 13.4. The molecule has 8 N–H and O–H groups in total. The molecule has 3 aliphatic rings. The van der Waals surface area contributed by atoms with E-state index in [4.69, 9.17) is 15.2 Å². The van der Waals surface area contributed by atoms with E-state index in [1.165, 1.54) is 0 Å². The standard InChI is InChI=1S/C26H29NO10/c1-3-26(35)7-10-16(14(8-26)37-15-6-11(27)21(30)9(2)36-15)23(32)20-19(22(10)31)24(33)17-12(28)4-5-13(29)18(17)25(20)34/h4-5,9,11,14-15,21,28-32,35H,3,6-8,27H2,1-2H3/t9-,11-,14-,15-,21+,26-/m0/s1. The van der Waals surface area contributed by atoms with Crippen LogP contribution in [-0.4, -0.2) is 72.3 Å². The number of benzene rings is 2. The van der Waals surface area contributed by atoms with Gasteiger partial charge in [0.05, 0.1) is 46.2 Å². The van der Waals surface area contributed by atoms with Gasteiger partial charge < -0.3 is 45.8 Å². The molecular formula is C26H29NO10. The fourth-order valence-corrected chi connectivity index (χ4v) is 5.64. The fraction of sp³-hybridized carbons (Fsp3) is 0.462. The Morgan fingerprint density at radius 2 is 1.59 bits per heavy atom. The van der Waals surface area contributed by atoms with Crippen molar-refractivity contribution in [2.45, 2.75) is 75.8 Å². The van der Waals surface area contributed by atoms with E-state index in [-0.39, 0.29) is 36.8 Å². The van der Waals surface area contributed by atoms with Gasteiger partial charge in [-0.05, 0) is 25.5 Å². The van der Waals surface area contributed by atoms with Crippen LogP contribution in [0.2, 0.25) is 0 Å². The van der Waals surface area contributed by atoms with Crippen molar-refractivity contribution in [2.75, 3.05) is 0 Å². The first-order valence-electron chi connectivity index (χ1n) is 12.1. The molecule has 1 saturated heterocycles. The van der Waals surface area contributed by atoms with Crippen LogP contribution < -0.4 is 5.73 Å². The fourth-order valence-electron chi connectivity index (χ4n) is 5.64. The van der Waals surface area contributed by atoms with Crippen molar-refractivity contribution in [1.82, 2.24) is 0 Å². The second-order valence-electron chi connectivity index (χ2n) is 10.1. The highest BCUT2D eigenvalue weighted by Gasteiger charge is 2.47. The maximum Gasteiger partial charge on any atom is 0.202 e. The van der Waals surface area contributed by atoms with Crippen LogP contribution in [-0.2, 0) is 15.9 Å². The van der Waals surface area contributed by atoms with E-state index in [1.807, 2.05) is 0 Å². The van der Waals surface area contributed by atoms with Gasteiger partial charge in [0, 0.05) is 36.4 Å². The quantitative estimate of drug-likeness (QED) is 0.248. The zero-order valence-electron chi connectivity index (χ0n) is 20.3. The summed E-state index contributed by atoms with van der Waals surface area (Å²) in [5, 5.41) is 64.6. The highest BCUT2D eigenvalue weighted by molar-refractivity contribution is 6.32. The molecule has 1 aliphatic heterocycles. The van der Waals surface area contributed by atoms with E-state index in [9.17, 15) is 40.2 Å². The summed E-state index contributed by atoms with van der Waals surface area (Å²) in [5.41, 5.74) is 2.62. The van der Waals surface area contributed by atoms with Crippen LogP contribution in [0.15, 0.2) is 12.1 Å². The van der Waals surface area contributed by atoms with Gasteiger partial charge in [0.25, 0.3) is 0 Å². The minimum Gasteiger partial charge on any atom is -0.507 e. The normalized spacial score (nSPS) is 31.0. The van der Waals surface area contributed by atoms with Gasteiger partial charge in [0.1, 0.15) is 23.0 Å². The molecule has 5 rings (SSSR count). The smallest absolute Gasteiger partial charge is 0.202 e. The molecule has 1 heterocycles. The lowest BCUT2D eigenvalue weighted by molar-refractivity contribution is -0.247. The van der Waals surface area contributed by atoms with Crippen molar-refractivity contribution in [3.05, 3.63) is 45.5 Å². The molecule has 0 saturated carbocycles. The Bertz CT molecular complexity index is 1310. The minimum absolute atomic E-state index is 0.00886. The lowest BCUT2D eigenvalue weighted by Gasteiger charge is -2.42. The van der Waals surface area contributed by atoms with Crippen LogP contribution in [0.25, 0.3) is 0 Å². The van der Waals surface area contributed by atoms with Crippen molar-refractivity contribution in [3.63, 3.8) is 0 Å². The third kappa shape index (κ3) is 3.77. The number of carbonyl (C=O) groups is 2. The second kappa shape index (κ2) is 8.67. The molecule has 6 atom stereocenters. The molecule has 0 aromatic heterocycles. The van der Waals surface area contributed by atoms with Gasteiger partial charge in [-0.1, -0.05) is 6.92 Å². The first-order valence-corrected chi connectivity index (χ1v) is 12.1. The number of ketones is 2. The van der Waals surface area contributed by atoms with Crippen LogP contribution in [0.4, 0.5) is 0 Å². The first kappa shape index (κ1) is 25.4. The maximum absolute atomic E-state index is 13.4. The number of aliphatic hydroxyl groups excluding tert-OH is 1. The summed E-state index contributed by atoms with van der Waals surface area (Å²) in [6.07, 6.45) is -3.40. The predicted molar refractivity (Wildman–Crippen MR) is 127 cm³/mol. The first-order chi connectivity index (χ1) is 17.4. The highest BCUT2D eigenvalue weighted by atomic mass is 16.7. The number of nitrogens with two attached hydrogens (primary N) is 1. The van der Waals surface area contributed by atoms with E-state index in [0.29, 0.717) is 0 Å². The van der Waals surface area contributed by atoms with E-state index >= 15 is 0 Å². The zero-order valence-corrected chi connectivity index (χ0v) is 20.3. The van der Waals surface area contributed by atoms with Gasteiger partial charge in [-0.2, -0.15) is 0 Å². The Kier molecular flexibility index (Phi) is 5.96. The molecule has 0 spiro atoms. The second-order valence-corrected chi connectivity index (χ2v) is 10.1. The van der Waals surface area contributed by atoms with E-state index in [0.717, 1.165) is 12.1 Å². The summed E-state index contributed by atoms with van der Waals surface area (Å²) in [4.78, 5) is 26.8. The summed E-state index contributed by atoms with van der Waals surface area (Å²) in [7, 11) is 0. The Balaban J connectivity index is 1.67. The Morgan fingerprint density at radius 1 is 1.03 bits per heavy atom. The lowest BCUT2D eigenvalue weighted by atomic mass is 9.72. The summed E-state index contributed by atoms with van der Waals surface area (Å²) in [6.45, 7) is 3.36. The van der Waals surface area contributed by atoms with E-state index < -0.39 is 93.1 Å². The number of phenolic OH excluding ortho intramolecular Hbond substituents is 4. The molecule has 11 nitrogen and oxygen atoms in total. The number of fused-ring (bicyclic) bond motifs is 3. The van der Waals surface area contributed by atoms with Crippen LogP contribution in [0.5, 0.6) is 23.0 Å². The zero-order chi connectivity index (χ0) is 27.0. The number of aliphatic hydroxyl groups is 2. The van der Waals surface area contributed by atoms with Crippen molar-refractivity contribution in [2.24, 2.45) is 5.73 Å². The average molecular weight is 516 g/mol. The SMILES string of the molecule is CC[C@]1(O)Cc2c(O)c3c(c(O)c2[C@@H](O[C@H]2C[C@H](N)[C@H](O)[C@H](C)O2)C1)C(=O)c1c(O)ccc(O)c1C3=O. The summed E-state index contributed by atoms with van der Waals surface area (Å²) in [5.74, 6) is -4.32. The molecule has 2 aromatic rings. The number of ether oxygens (including phenoxy) is 2. The number of hydrogen-bond acceptors (Lipinski definition) is 11. The van der Waals surface area contributed by atoms with E-state index in [2.05, 4.69) is 0 Å². The molecule has 37 heavy (non-hydrogen) atoms. The van der Waals surface area contributed by atoms with Crippen molar-refractivity contribution in [3.8, 4) is 23.0 Å². The van der Waals surface area contributed by atoms with Crippen molar-refractivity contribution in [1.29, 1.82) is 0 Å². The molecule has 0 unspecified atom stereocenters. The Hall–Kier alpha value is -3.22. The predicted octanol–water partition coefficient (Wildman–Crippen LogP) is 1.25. The minimum atomic E-state index is -1.39. The van der Waals surface area contributed by atoms with Gasteiger partial charge in [0.2, 0.25) is 11.6 Å². The van der Waals surface area contributed by atoms with Crippen LogP contribution in [0.3, 0.4) is 0 Å². The number of rotatable bonds is 3. The monoisotopic (exact) mass is 515 g/mol. The number of carbonyl (C=O) groups excluding carboxylic acids is 2. The lowest BCUT2D eigenvalue weighted by Crippen LogP contribution is -2.52. The number of phenols is 4. The largest absolute Gasteiger partial charge is 0.507 e. The molecule has 198 valence electrons. The van der Waals surface area contributed by atoms with Gasteiger partial charge in [-0.3, -0.25) is 9.59 Å². The molecular weight excluding hydrogens is 486 g/mol. The van der Waals surface area contributed by atoms with E-state index in [1.54, 1.807) is 13.8 Å². The van der Waals surface area contributed by atoms with Gasteiger partial charge in [-0.25, -0.2) is 0 Å².